The minimum atomic E-state index is 0.553. The summed E-state index contributed by atoms with van der Waals surface area (Å²) in [7, 11) is 0. The fourth-order valence-corrected chi connectivity index (χ4v) is 2.90. The van der Waals surface area contributed by atoms with E-state index in [1.807, 2.05) is 0 Å². The summed E-state index contributed by atoms with van der Waals surface area (Å²) in [6, 6.07) is 20.3. The van der Waals surface area contributed by atoms with Crippen LogP contribution < -0.4 is 5.32 Å². The van der Waals surface area contributed by atoms with Gasteiger partial charge in [0.1, 0.15) is 0 Å². The van der Waals surface area contributed by atoms with Crippen LogP contribution in [0, 0.1) is 0 Å². The average Bonchev–Trinajstić information content (AvgIpc) is 3.37. The lowest BCUT2D eigenvalue weighted by Crippen LogP contribution is -2.26. The summed E-state index contributed by atoms with van der Waals surface area (Å²) in [5.41, 5.74) is 4.50. The van der Waals surface area contributed by atoms with Crippen molar-refractivity contribution in [3.63, 3.8) is 0 Å². The fraction of sp³-hybridized carbons (Fsp3) is 0.400. The van der Waals surface area contributed by atoms with E-state index in [1.165, 1.54) is 30.4 Å². The van der Waals surface area contributed by atoms with Crippen molar-refractivity contribution in [1.29, 1.82) is 0 Å². The number of nitrogens with one attached hydrogen (secondary N) is 1. The monoisotopic (exact) mass is 279 g/mol. The van der Waals surface area contributed by atoms with Crippen molar-refractivity contribution in [3.8, 4) is 0 Å². The predicted molar refractivity (Wildman–Crippen MR) is 89.5 cm³/mol. The highest BCUT2D eigenvalue weighted by Gasteiger charge is 2.25. The molecule has 0 spiro atoms. The number of rotatable bonds is 7. The molecule has 21 heavy (non-hydrogen) atoms. The van der Waals surface area contributed by atoms with Gasteiger partial charge in [-0.3, -0.25) is 0 Å². The van der Waals surface area contributed by atoms with Gasteiger partial charge in [0.15, 0.2) is 0 Å². The zero-order valence-corrected chi connectivity index (χ0v) is 12.9. The third-order valence-electron chi connectivity index (χ3n) is 4.42. The lowest BCUT2D eigenvalue weighted by atomic mass is 10.0. The van der Waals surface area contributed by atoms with E-state index in [9.17, 15) is 0 Å². The van der Waals surface area contributed by atoms with Gasteiger partial charge in [0.2, 0.25) is 0 Å². The Morgan fingerprint density at radius 1 is 1.00 bits per heavy atom. The Balaban J connectivity index is 1.48. The molecule has 0 saturated heterocycles. The molecule has 0 aromatic heterocycles. The number of benzene rings is 2. The van der Waals surface area contributed by atoms with Crippen molar-refractivity contribution in [2.45, 2.75) is 51.1 Å². The van der Waals surface area contributed by atoms with Gasteiger partial charge in [-0.05, 0) is 55.2 Å². The molecule has 3 rings (SSSR count). The minimum Gasteiger partial charge on any atom is -0.310 e. The largest absolute Gasteiger partial charge is 0.310 e. The van der Waals surface area contributed by atoms with Crippen LogP contribution in [0.15, 0.2) is 54.6 Å². The van der Waals surface area contributed by atoms with E-state index in [1.54, 1.807) is 5.56 Å². The maximum Gasteiger partial charge on any atom is 0.0210 e. The van der Waals surface area contributed by atoms with Crippen LogP contribution in [-0.2, 0) is 13.0 Å². The van der Waals surface area contributed by atoms with Crippen molar-refractivity contribution < 1.29 is 0 Å². The second-order valence-electron chi connectivity index (χ2n) is 6.28. The van der Waals surface area contributed by atoms with Crippen LogP contribution in [0.25, 0.3) is 0 Å². The normalized spacial score (nSPS) is 15.9. The van der Waals surface area contributed by atoms with Gasteiger partial charge in [-0.1, -0.05) is 54.6 Å². The molecule has 1 N–H and O–H groups in total. The molecule has 1 fully saturated rings. The lowest BCUT2D eigenvalue weighted by molar-refractivity contribution is 0.513. The van der Waals surface area contributed by atoms with Crippen LogP contribution in [0.3, 0.4) is 0 Å². The molecule has 2 aromatic carbocycles. The summed E-state index contributed by atoms with van der Waals surface area (Å²) in [5, 5.41) is 3.69. The second kappa shape index (κ2) is 6.91. The van der Waals surface area contributed by atoms with Crippen LogP contribution in [0.5, 0.6) is 0 Å². The Morgan fingerprint density at radius 3 is 2.48 bits per heavy atom. The van der Waals surface area contributed by atoms with E-state index < -0.39 is 0 Å². The first-order chi connectivity index (χ1) is 10.3. The average molecular weight is 279 g/mol. The van der Waals surface area contributed by atoms with Crippen LogP contribution in [0.2, 0.25) is 0 Å². The predicted octanol–water partition coefficient (Wildman–Crippen LogP) is 4.67. The maximum absolute atomic E-state index is 3.69. The van der Waals surface area contributed by atoms with Crippen molar-refractivity contribution >= 4 is 0 Å². The standard InChI is InChI=1S/C20H25N/c1-16(11-12-17-7-3-2-4-8-17)21-15-19-9-5-6-10-20(19)18-13-14-18/h2-10,16,18,21H,11-15H2,1H3. The molecule has 1 nitrogen and oxygen atoms in total. The summed E-state index contributed by atoms with van der Waals surface area (Å²) in [6.07, 6.45) is 5.09. The quantitative estimate of drug-likeness (QED) is 0.776. The van der Waals surface area contributed by atoms with Gasteiger partial charge in [0.25, 0.3) is 0 Å². The van der Waals surface area contributed by atoms with Crippen molar-refractivity contribution in [3.05, 3.63) is 71.3 Å². The molecule has 0 bridgehead atoms. The molecule has 0 radical (unpaired) electrons. The van der Waals surface area contributed by atoms with Gasteiger partial charge in [-0.25, -0.2) is 0 Å². The first-order valence-electron chi connectivity index (χ1n) is 8.18. The summed E-state index contributed by atoms with van der Waals surface area (Å²) in [5.74, 6) is 0.836. The minimum absolute atomic E-state index is 0.553. The van der Waals surface area contributed by atoms with Crippen LogP contribution in [0.1, 0.15) is 48.8 Å². The number of hydrogen-bond donors (Lipinski definition) is 1. The van der Waals surface area contributed by atoms with Crippen molar-refractivity contribution in [1.82, 2.24) is 5.32 Å². The molecule has 0 amide bonds. The highest BCUT2D eigenvalue weighted by atomic mass is 14.9. The highest BCUT2D eigenvalue weighted by Crippen LogP contribution is 2.41. The van der Waals surface area contributed by atoms with Crippen LogP contribution >= 0.6 is 0 Å². The zero-order chi connectivity index (χ0) is 14.5. The molecule has 1 unspecified atom stereocenters. The Labute approximate surface area is 128 Å². The van der Waals surface area contributed by atoms with Gasteiger partial charge >= 0.3 is 0 Å². The Bertz CT molecular complexity index is 557. The van der Waals surface area contributed by atoms with Gasteiger partial charge in [-0.2, -0.15) is 0 Å². The molecule has 1 atom stereocenters. The molecular weight excluding hydrogens is 254 g/mol. The summed E-state index contributed by atoms with van der Waals surface area (Å²) in [6.45, 7) is 3.30. The second-order valence-corrected chi connectivity index (χ2v) is 6.28. The van der Waals surface area contributed by atoms with E-state index in [0.717, 1.165) is 18.9 Å². The SMILES string of the molecule is CC(CCc1ccccc1)NCc1ccccc1C1CC1. The van der Waals surface area contributed by atoms with Gasteiger partial charge in [0.05, 0.1) is 0 Å². The highest BCUT2D eigenvalue weighted by molar-refractivity contribution is 5.33. The first kappa shape index (κ1) is 14.3. The Kier molecular flexibility index (Phi) is 4.72. The van der Waals surface area contributed by atoms with E-state index in [0.29, 0.717) is 6.04 Å². The number of aryl methyl sites for hydroxylation is 1. The Hall–Kier alpha value is -1.60. The molecule has 1 aliphatic rings. The molecule has 2 aromatic rings. The number of hydrogen-bond acceptors (Lipinski definition) is 1. The van der Waals surface area contributed by atoms with Gasteiger partial charge in [-0.15, -0.1) is 0 Å². The topological polar surface area (TPSA) is 12.0 Å². The third-order valence-corrected chi connectivity index (χ3v) is 4.42. The molecule has 0 heterocycles. The fourth-order valence-electron chi connectivity index (χ4n) is 2.90. The van der Waals surface area contributed by atoms with Crippen LogP contribution in [0.4, 0.5) is 0 Å². The molecule has 1 saturated carbocycles. The Morgan fingerprint density at radius 2 is 1.71 bits per heavy atom. The van der Waals surface area contributed by atoms with E-state index in [-0.39, 0.29) is 0 Å². The molecule has 1 aliphatic carbocycles. The first-order valence-corrected chi connectivity index (χ1v) is 8.18. The molecular formula is C20H25N. The summed E-state index contributed by atoms with van der Waals surface area (Å²) >= 11 is 0. The van der Waals surface area contributed by atoms with Crippen molar-refractivity contribution in [2.24, 2.45) is 0 Å². The maximum atomic E-state index is 3.69. The van der Waals surface area contributed by atoms with E-state index in [2.05, 4.69) is 66.8 Å². The van der Waals surface area contributed by atoms with Crippen molar-refractivity contribution in [2.75, 3.05) is 0 Å². The van der Waals surface area contributed by atoms with Crippen LogP contribution in [-0.4, -0.2) is 6.04 Å². The molecule has 110 valence electrons. The molecule has 1 heteroatoms. The van der Waals surface area contributed by atoms with Gasteiger partial charge < -0.3 is 5.32 Å². The lowest BCUT2D eigenvalue weighted by Gasteiger charge is -2.16. The summed E-state index contributed by atoms with van der Waals surface area (Å²) in [4.78, 5) is 0. The smallest absolute Gasteiger partial charge is 0.0210 e. The van der Waals surface area contributed by atoms with E-state index in [4.69, 9.17) is 0 Å². The van der Waals surface area contributed by atoms with E-state index >= 15 is 0 Å². The zero-order valence-electron chi connectivity index (χ0n) is 12.9. The molecule has 0 aliphatic heterocycles. The van der Waals surface area contributed by atoms with Gasteiger partial charge in [0, 0.05) is 12.6 Å². The third kappa shape index (κ3) is 4.18. The summed E-state index contributed by atoms with van der Waals surface area (Å²) < 4.78 is 0.